The number of aliphatic imine (C=N–C) groups is 2. The molecular weight excluding hydrogens is 354 g/mol. The number of aromatic nitrogens is 5. The van der Waals surface area contributed by atoms with E-state index in [2.05, 4.69) is 25.1 Å². The van der Waals surface area contributed by atoms with Crippen molar-refractivity contribution in [2.75, 3.05) is 7.05 Å². The molecule has 0 unspecified atom stereocenters. The van der Waals surface area contributed by atoms with Crippen molar-refractivity contribution >= 4 is 23.5 Å². The molecule has 1 fully saturated rings. The summed E-state index contributed by atoms with van der Waals surface area (Å²) >= 11 is 0. The Morgan fingerprint density at radius 3 is 2.96 bits per heavy atom. The van der Waals surface area contributed by atoms with E-state index in [-0.39, 0.29) is 17.4 Å². The van der Waals surface area contributed by atoms with Crippen LogP contribution in [0.1, 0.15) is 30.1 Å². The lowest BCUT2D eigenvalue weighted by molar-refractivity contribution is 0.331. The average Bonchev–Trinajstić information content (AvgIpc) is 3.08. The predicted octanol–water partition coefficient (Wildman–Crippen LogP) is 2.59. The number of hydrogen-bond acceptors (Lipinski definition) is 6. The van der Waals surface area contributed by atoms with Gasteiger partial charge in [0.1, 0.15) is 11.2 Å². The summed E-state index contributed by atoms with van der Waals surface area (Å²) in [6.45, 7) is 1.98. The number of aromatic amines is 1. The van der Waals surface area contributed by atoms with Crippen LogP contribution < -0.4 is 5.56 Å². The molecule has 0 amide bonds. The fraction of sp³-hybridized carbons (Fsp3) is 0.300. The predicted molar refractivity (Wildman–Crippen MR) is 110 cm³/mol. The molecule has 1 aliphatic carbocycles. The molecule has 0 aromatic carbocycles. The van der Waals surface area contributed by atoms with Crippen molar-refractivity contribution in [2.24, 2.45) is 15.9 Å². The lowest BCUT2D eigenvalue weighted by atomic mass is 9.74. The van der Waals surface area contributed by atoms with Crippen LogP contribution in [0.15, 0.2) is 51.7 Å². The quantitative estimate of drug-likeness (QED) is 0.693. The van der Waals surface area contributed by atoms with E-state index in [1.807, 2.05) is 19.2 Å². The van der Waals surface area contributed by atoms with Crippen molar-refractivity contribution in [3.63, 3.8) is 0 Å². The molecule has 0 radical (unpaired) electrons. The maximum atomic E-state index is 12.6. The van der Waals surface area contributed by atoms with E-state index >= 15 is 0 Å². The Labute approximate surface area is 161 Å². The Kier molecular flexibility index (Phi) is 4.92. The van der Waals surface area contributed by atoms with Crippen molar-refractivity contribution in [1.29, 1.82) is 0 Å². The number of rotatable bonds is 5. The summed E-state index contributed by atoms with van der Waals surface area (Å²) in [4.78, 5) is 32.6. The highest BCUT2D eigenvalue weighted by Gasteiger charge is 2.33. The van der Waals surface area contributed by atoms with E-state index < -0.39 is 0 Å². The highest BCUT2D eigenvalue weighted by molar-refractivity contribution is 5.76. The molecule has 1 aliphatic rings. The molecule has 142 valence electrons. The number of nitrogens with zero attached hydrogens (tertiary/aromatic N) is 6. The number of fused-ring (bicyclic) bond motifs is 1. The molecule has 0 spiro atoms. The van der Waals surface area contributed by atoms with Gasteiger partial charge in [-0.15, -0.1) is 0 Å². The standard InChI is InChI=1S/C20H21N7O/c1-13-6-9-23-12-17(13)27-19-16(11-24-27)20(28)26-18(25-19)15-5-4-14(15)10-22-8-3-7-21-2/h3,6-12,14-15H,4-5H2,1-2H3,(H,25,26,28)/b8-3-,21-7-,22-10+/t14-,15+/m0/s1. The van der Waals surface area contributed by atoms with Gasteiger partial charge >= 0.3 is 0 Å². The average molecular weight is 375 g/mol. The Hall–Kier alpha value is -3.42. The van der Waals surface area contributed by atoms with Crippen molar-refractivity contribution in [2.45, 2.75) is 25.7 Å². The molecule has 0 bridgehead atoms. The van der Waals surface area contributed by atoms with Crippen molar-refractivity contribution in [3.8, 4) is 5.69 Å². The largest absolute Gasteiger partial charge is 0.310 e. The first-order valence-electron chi connectivity index (χ1n) is 9.18. The van der Waals surface area contributed by atoms with E-state index in [0.717, 1.165) is 24.1 Å². The maximum Gasteiger partial charge on any atom is 0.262 e. The van der Waals surface area contributed by atoms with Crippen molar-refractivity contribution in [3.05, 3.63) is 58.7 Å². The lowest BCUT2D eigenvalue weighted by Gasteiger charge is -2.32. The highest BCUT2D eigenvalue weighted by atomic mass is 16.1. The minimum Gasteiger partial charge on any atom is -0.310 e. The summed E-state index contributed by atoms with van der Waals surface area (Å²) in [6.07, 6.45) is 14.1. The molecular formula is C20H21N7O. The van der Waals surface area contributed by atoms with E-state index in [4.69, 9.17) is 4.98 Å². The van der Waals surface area contributed by atoms with Crippen molar-refractivity contribution in [1.82, 2.24) is 24.7 Å². The number of hydrogen-bond donors (Lipinski definition) is 1. The van der Waals surface area contributed by atoms with Crippen LogP contribution in [0.25, 0.3) is 16.7 Å². The summed E-state index contributed by atoms with van der Waals surface area (Å²) in [7, 11) is 1.71. The topological polar surface area (TPSA) is 101 Å². The van der Waals surface area contributed by atoms with Crippen LogP contribution in [0.2, 0.25) is 0 Å². The second kappa shape index (κ2) is 7.67. The maximum absolute atomic E-state index is 12.6. The van der Waals surface area contributed by atoms with Gasteiger partial charge in [-0.2, -0.15) is 5.10 Å². The van der Waals surface area contributed by atoms with Gasteiger partial charge in [0.2, 0.25) is 0 Å². The summed E-state index contributed by atoms with van der Waals surface area (Å²) in [5, 5.41) is 4.85. The fourth-order valence-corrected chi connectivity index (χ4v) is 3.34. The van der Waals surface area contributed by atoms with E-state index in [1.165, 1.54) is 0 Å². The molecule has 8 nitrogen and oxygen atoms in total. The molecule has 1 N–H and O–H groups in total. The fourth-order valence-electron chi connectivity index (χ4n) is 3.34. The Balaban J connectivity index is 1.68. The number of allylic oxidation sites excluding steroid dienone is 1. The first kappa shape index (κ1) is 18.0. The van der Waals surface area contributed by atoms with Gasteiger partial charge < -0.3 is 4.98 Å². The summed E-state index contributed by atoms with van der Waals surface area (Å²) in [5.74, 6) is 1.08. The van der Waals surface area contributed by atoms with Gasteiger partial charge in [-0.3, -0.25) is 19.8 Å². The highest BCUT2D eigenvalue weighted by Crippen LogP contribution is 2.39. The van der Waals surface area contributed by atoms with Crippen LogP contribution in [0.5, 0.6) is 0 Å². The third-order valence-corrected chi connectivity index (χ3v) is 5.06. The molecule has 2 atom stereocenters. The monoisotopic (exact) mass is 375 g/mol. The minimum atomic E-state index is -0.172. The Morgan fingerprint density at radius 1 is 1.32 bits per heavy atom. The van der Waals surface area contributed by atoms with Gasteiger partial charge in [0.05, 0.1) is 18.1 Å². The van der Waals surface area contributed by atoms with Gasteiger partial charge in [0.25, 0.3) is 5.56 Å². The number of pyridine rings is 1. The van der Waals surface area contributed by atoms with E-state index in [9.17, 15) is 4.79 Å². The first-order chi connectivity index (χ1) is 13.7. The van der Waals surface area contributed by atoms with Crippen LogP contribution in [-0.2, 0) is 0 Å². The van der Waals surface area contributed by atoms with Gasteiger partial charge in [-0.1, -0.05) is 0 Å². The normalized spacial score (nSPS) is 19.9. The molecule has 3 aromatic heterocycles. The third-order valence-electron chi connectivity index (χ3n) is 5.06. The molecule has 0 saturated heterocycles. The minimum absolute atomic E-state index is 0.146. The number of H-pyrrole nitrogens is 1. The van der Waals surface area contributed by atoms with Crippen LogP contribution >= 0.6 is 0 Å². The number of nitrogens with one attached hydrogen (secondary N) is 1. The third kappa shape index (κ3) is 3.28. The van der Waals surface area contributed by atoms with Gasteiger partial charge in [0.15, 0.2) is 5.65 Å². The Bertz CT molecular complexity index is 1140. The van der Waals surface area contributed by atoms with Gasteiger partial charge in [-0.25, -0.2) is 9.67 Å². The molecule has 4 rings (SSSR count). The van der Waals surface area contributed by atoms with E-state index in [1.54, 1.807) is 48.8 Å². The van der Waals surface area contributed by atoms with Crippen LogP contribution in [-0.4, -0.2) is 44.2 Å². The van der Waals surface area contributed by atoms with Crippen LogP contribution in [0, 0.1) is 12.8 Å². The summed E-state index contributed by atoms with van der Waals surface area (Å²) < 4.78 is 1.69. The molecule has 0 aliphatic heterocycles. The second-order valence-corrected chi connectivity index (χ2v) is 6.80. The summed E-state index contributed by atoms with van der Waals surface area (Å²) in [6, 6.07) is 1.91. The zero-order chi connectivity index (χ0) is 19.5. The molecule has 3 aromatic rings. The molecule has 3 heterocycles. The first-order valence-corrected chi connectivity index (χ1v) is 9.18. The molecule has 1 saturated carbocycles. The zero-order valence-corrected chi connectivity index (χ0v) is 15.8. The van der Waals surface area contributed by atoms with Crippen LogP contribution in [0.4, 0.5) is 0 Å². The lowest BCUT2D eigenvalue weighted by Crippen LogP contribution is -2.29. The van der Waals surface area contributed by atoms with Crippen LogP contribution in [0.3, 0.4) is 0 Å². The smallest absolute Gasteiger partial charge is 0.262 e. The molecule has 8 heteroatoms. The Morgan fingerprint density at radius 2 is 2.21 bits per heavy atom. The SMILES string of the molecule is C\N=C/C=C\N=C\[C@@H]1CC[C@H]1c1nc2c(cnn2-c2cnccc2C)c(=O)[nH]1. The summed E-state index contributed by atoms with van der Waals surface area (Å²) in [5.41, 5.74) is 2.21. The second-order valence-electron chi connectivity index (χ2n) is 6.80. The van der Waals surface area contributed by atoms with Gasteiger partial charge in [0, 0.05) is 43.7 Å². The van der Waals surface area contributed by atoms with Gasteiger partial charge in [-0.05, 0) is 37.5 Å². The van der Waals surface area contributed by atoms with E-state index in [0.29, 0.717) is 16.9 Å². The molecule has 28 heavy (non-hydrogen) atoms. The van der Waals surface area contributed by atoms with Crippen molar-refractivity contribution < 1.29 is 0 Å². The zero-order valence-electron chi connectivity index (χ0n) is 15.8. The number of aryl methyl sites for hydroxylation is 1.